The second kappa shape index (κ2) is 4.94. The van der Waals surface area contributed by atoms with Crippen LogP contribution in [0.15, 0.2) is 6.07 Å². The molecular weight excluding hydrogens is 232 g/mol. The maximum atomic E-state index is 11.3. The van der Waals surface area contributed by atoms with Crippen molar-refractivity contribution in [1.82, 2.24) is 9.78 Å². The summed E-state index contributed by atoms with van der Waals surface area (Å²) < 4.78 is 25.0. The monoisotopic (exact) mass is 248 g/mol. The van der Waals surface area contributed by atoms with Crippen LogP contribution in [0, 0.1) is 4.64 Å². The van der Waals surface area contributed by atoms with Gasteiger partial charge in [0.2, 0.25) is 0 Å². The second-order valence-electron chi connectivity index (χ2n) is 3.36. The van der Waals surface area contributed by atoms with E-state index >= 15 is 0 Å². The SMILES string of the molecule is CCc1cc(=S)n(CCS(=O)(=O)CC)[nH]1. The number of H-pyrrole nitrogens is 1. The molecule has 86 valence electrons. The smallest absolute Gasteiger partial charge is 0.151 e. The number of aromatic amines is 1. The molecule has 1 aromatic heterocycles. The topological polar surface area (TPSA) is 54.9 Å². The molecule has 6 heteroatoms. The highest BCUT2D eigenvalue weighted by Gasteiger charge is 2.08. The number of aromatic nitrogens is 2. The molecule has 0 atom stereocenters. The highest BCUT2D eigenvalue weighted by Crippen LogP contribution is 2.01. The standard InChI is InChI=1S/C9H16N2O2S2/c1-3-8-7-9(14)11(10-8)5-6-15(12,13)4-2/h7,10H,3-6H2,1-2H3. The Balaban J connectivity index is 2.74. The van der Waals surface area contributed by atoms with Gasteiger partial charge in [0.1, 0.15) is 4.64 Å². The Labute approximate surface area is 95.2 Å². The van der Waals surface area contributed by atoms with Crippen molar-refractivity contribution < 1.29 is 8.42 Å². The van der Waals surface area contributed by atoms with E-state index in [9.17, 15) is 8.42 Å². The van der Waals surface area contributed by atoms with Crippen LogP contribution in [0.1, 0.15) is 19.5 Å². The van der Waals surface area contributed by atoms with Gasteiger partial charge in [0.05, 0.1) is 12.3 Å². The van der Waals surface area contributed by atoms with Crippen LogP contribution in [0.2, 0.25) is 0 Å². The van der Waals surface area contributed by atoms with E-state index in [1.165, 1.54) is 0 Å². The predicted molar refractivity (Wildman–Crippen MR) is 63.3 cm³/mol. The molecule has 0 aliphatic rings. The van der Waals surface area contributed by atoms with E-state index in [1.807, 2.05) is 13.0 Å². The Morgan fingerprint density at radius 2 is 2.13 bits per heavy atom. The molecule has 1 heterocycles. The lowest BCUT2D eigenvalue weighted by molar-refractivity contribution is 0.578. The van der Waals surface area contributed by atoms with Crippen LogP contribution in [-0.2, 0) is 22.8 Å². The van der Waals surface area contributed by atoms with Gasteiger partial charge in [-0.05, 0) is 12.5 Å². The molecule has 0 amide bonds. The number of aryl methyl sites for hydroxylation is 2. The zero-order valence-electron chi connectivity index (χ0n) is 8.99. The first-order chi connectivity index (χ1) is 6.98. The van der Waals surface area contributed by atoms with Gasteiger partial charge in [0, 0.05) is 11.4 Å². The van der Waals surface area contributed by atoms with E-state index in [2.05, 4.69) is 5.10 Å². The van der Waals surface area contributed by atoms with Crippen LogP contribution in [0.3, 0.4) is 0 Å². The molecule has 0 fully saturated rings. The molecule has 0 unspecified atom stereocenters. The van der Waals surface area contributed by atoms with Crippen molar-refractivity contribution in [2.45, 2.75) is 26.8 Å². The van der Waals surface area contributed by atoms with Gasteiger partial charge < -0.3 is 5.10 Å². The second-order valence-corrected chi connectivity index (χ2v) is 6.25. The summed E-state index contributed by atoms with van der Waals surface area (Å²) in [5.74, 6) is 0.323. The van der Waals surface area contributed by atoms with Gasteiger partial charge in [0.25, 0.3) is 0 Å². The van der Waals surface area contributed by atoms with Gasteiger partial charge in [-0.25, -0.2) is 8.42 Å². The Hall–Kier alpha value is -0.620. The predicted octanol–water partition coefficient (Wildman–Crippen LogP) is 1.54. The first-order valence-electron chi connectivity index (χ1n) is 4.97. The van der Waals surface area contributed by atoms with E-state index in [0.29, 0.717) is 11.2 Å². The fourth-order valence-electron chi connectivity index (χ4n) is 1.21. The quantitative estimate of drug-likeness (QED) is 0.804. The van der Waals surface area contributed by atoms with Crippen molar-refractivity contribution in [3.8, 4) is 0 Å². The number of hydrogen-bond acceptors (Lipinski definition) is 3. The zero-order chi connectivity index (χ0) is 11.5. The van der Waals surface area contributed by atoms with Gasteiger partial charge in [-0.15, -0.1) is 0 Å². The largest absolute Gasteiger partial charge is 0.302 e. The van der Waals surface area contributed by atoms with Crippen molar-refractivity contribution in [2.24, 2.45) is 0 Å². The van der Waals surface area contributed by atoms with Crippen molar-refractivity contribution in [1.29, 1.82) is 0 Å². The molecule has 1 aromatic rings. The lowest BCUT2D eigenvalue weighted by Crippen LogP contribution is -2.15. The maximum Gasteiger partial charge on any atom is 0.151 e. The van der Waals surface area contributed by atoms with Crippen LogP contribution < -0.4 is 0 Å². The molecule has 0 spiro atoms. The minimum Gasteiger partial charge on any atom is -0.302 e. The van der Waals surface area contributed by atoms with Crippen LogP contribution in [-0.4, -0.2) is 29.7 Å². The third-order valence-corrected chi connectivity index (χ3v) is 4.31. The summed E-state index contributed by atoms with van der Waals surface area (Å²) in [4.78, 5) is 0. The van der Waals surface area contributed by atoms with Crippen LogP contribution in [0.5, 0.6) is 0 Å². The minimum absolute atomic E-state index is 0.140. The van der Waals surface area contributed by atoms with Crippen molar-refractivity contribution >= 4 is 22.1 Å². The van der Waals surface area contributed by atoms with E-state index in [1.54, 1.807) is 11.6 Å². The number of rotatable bonds is 5. The van der Waals surface area contributed by atoms with Crippen LogP contribution in [0.25, 0.3) is 0 Å². The zero-order valence-corrected chi connectivity index (χ0v) is 10.6. The molecule has 0 aliphatic carbocycles. The fourth-order valence-corrected chi connectivity index (χ4v) is 2.24. The molecule has 0 aromatic carbocycles. The number of nitrogens with one attached hydrogen (secondary N) is 1. The molecule has 4 nitrogen and oxygen atoms in total. The van der Waals surface area contributed by atoms with Gasteiger partial charge in [-0.1, -0.05) is 26.1 Å². The summed E-state index contributed by atoms with van der Waals surface area (Å²) in [6, 6.07) is 1.87. The van der Waals surface area contributed by atoms with Crippen molar-refractivity contribution in [3.05, 3.63) is 16.4 Å². The summed E-state index contributed by atoms with van der Waals surface area (Å²) in [7, 11) is -2.92. The summed E-state index contributed by atoms with van der Waals surface area (Å²) in [6.45, 7) is 4.09. The van der Waals surface area contributed by atoms with E-state index in [0.717, 1.165) is 12.1 Å². The highest BCUT2D eigenvalue weighted by molar-refractivity contribution is 7.91. The van der Waals surface area contributed by atoms with Gasteiger partial charge in [0.15, 0.2) is 9.84 Å². The minimum atomic E-state index is -2.92. The van der Waals surface area contributed by atoms with Crippen molar-refractivity contribution in [3.63, 3.8) is 0 Å². The first-order valence-corrected chi connectivity index (χ1v) is 7.20. The average molecular weight is 248 g/mol. The summed E-state index contributed by atoms with van der Waals surface area (Å²) >= 11 is 5.10. The lowest BCUT2D eigenvalue weighted by Gasteiger charge is -2.03. The van der Waals surface area contributed by atoms with Crippen LogP contribution in [0.4, 0.5) is 0 Å². The van der Waals surface area contributed by atoms with Gasteiger partial charge in [-0.2, -0.15) is 0 Å². The van der Waals surface area contributed by atoms with E-state index in [4.69, 9.17) is 12.2 Å². The van der Waals surface area contributed by atoms with Gasteiger partial charge in [-0.3, -0.25) is 4.68 Å². The number of nitrogens with zero attached hydrogens (tertiary/aromatic N) is 1. The molecule has 0 radical (unpaired) electrons. The Kier molecular flexibility index (Phi) is 4.10. The summed E-state index contributed by atoms with van der Waals surface area (Å²) in [5.41, 5.74) is 1.04. The number of hydrogen-bond donors (Lipinski definition) is 1. The summed E-state index contributed by atoms with van der Waals surface area (Å²) in [5, 5.41) is 3.08. The van der Waals surface area contributed by atoms with Gasteiger partial charge >= 0.3 is 0 Å². The Morgan fingerprint density at radius 1 is 1.47 bits per heavy atom. The molecule has 1 N–H and O–H groups in total. The third kappa shape index (κ3) is 3.46. The Bertz CT molecular complexity index is 471. The van der Waals surface area contributed by atoms with E-state index < -0.39 is 9.84 Å². The van der Waals surface area contributed by atoms with Crippen LogP contribution >= 0.6 is 12.2 Å². The molecule has 0 saturated carbocycles. The van der Waals surface area contributed by atoms with E-state index in [-0.39, 0.29) is 11.5 Å². The molecule has 1 rings (SSSR count). The molecule has 15 heavy (non-hydrogen) atoms. The maximum absolute atomic E-state index is 11.3. The van der Waals surface area contributed by atoms with Crippen molar-refractivity contribution in [2.75, 3.05) is 11.5 Å². The highest BCUT2D eigenvalue weighted by atomic mass is 32.2. The third-order valence-electron chi connectivity index (χ3n) is 2.29. The molecule has 0 saturated heterocycles. The normalized spacial score (nSPS) is 11.9. The fraction of sp³-hybridized carbons (Fsp3) is 0.667. The summed E-state index contributed by atoms with van der Waals surface area (Å²) in [6.07, 6.45) is 0.872. The molecule has 0 aliphatic heterocycles. The molecular formula is C9H16N2O2S2. The average Bonchev–Trinajstić information content (AvgIpc) is 2.57. The number of sulfone groups is 1. The Morgan fingerprint density at radius 3 is 2.60 bits per heavy atom. The first kappa shape index (κ1) is 12.4. The lowest BCUT2D eigenvalue weighted by atomic mass is 10.4. The molecule has 0 bridgehead atoms.